The highest BCUT2D eigenvalue weighted by molar-refractivity contribution is 4.95. The van der Waals surface area contributed by atoms with E-state index in [1.54, 1.807) is 0 Å². The highest BCUT2D eigenvalue weighted by atomic mass is 16.5. The molecule has 0 spiro atoms. The van der Waals surface area contributed by atoms with Gasteiger partial charge in [-0.15, -0.1) is 0 Å². The second-order valence-electron chi connectivity index (χ2n) is 4.33. The molecule has 2 nitrogen and oxygen atoms in total. The lowest BCUT2D eigenvalue weighted by atomic mass is 9.85. The molecule has 0 aliphatic heterocycles. The van der Waals surface area contributed by atoms with Crippen LogP contribution in [0.2, 0.25) is 0 Å². The molecule has 1 saturated carbocycles. The summed E-state index contributed by atoms with van der Waals surface area (Å²) in [5.41, 5.74) is 6.46. The molecule has 0 bridgehead atoms. The van der Waals surface area contributed by atoms with Crippen LogP contribution in [-0.2, 0) is 4.74 Å². The largest absolute Gasteiger partial charge is 0.374 e. The Morgan fingerprint density at radius 3 is 2.93 bits per heavy atom. The van der Waals surface area contributed by atoms with Gasteiger partial charge in [0.25, 0.3) is 0 Å². The standard InChI is InChI=1S/C12H23NO/c1-3-11-5-4-6-12(7-11)14-9-10(2)8-13/h11-12H,2-9,13H2,1H3. The lowest BCUT2D eigenvalue weighted by Gasteiger charge is -2.28. The van der Waals surface area contributed by atoms with Gasteiger partial charge in [0.15, 0.2) is 0 Å². The lowest BCUT2D eigenvalue weighted by Crippen LogP contribution is -2.24. The maximum Gasteiger partial charge on any atom is 0.0690 e. The summed E-state index contributed by atoms with van der Waals surface area (Å²) >= 11 is 0. The number of ether oxygens (including phenoxy) is 1. The van der Waals surface area contributed by atoms with Crippen molar-refractivity contribution in [1.82, 2.24) is 0 Å². The van der Waals surface area contributed by atoms with E-state index in [0.29, 0.717) is 19.3 Å². The zero-order valence-corrected chi connectivity index (χ0v) is 9.30. The molecule has 1 fully saturated rings. The molecule has 2 heteroatoms. The van der Waals surface area contributed by atoms with Gasteiger partial charge in [-0.25, -0.2) is 0 Å². The topological polar surface area (TPSA) is 35.2 Å². The van der Waals surface area contributed by atoms with Crippen LogP contribution in [0.5, 0.6) is 0 Å². The molecule has 2 N–H and O–H groups in total. The van der Waals surface area contributed by atoms with Crippen molar-refractivity contribution in [1.29, 1.82) is 0 Å². The van der Waals surface area contributed by atoms with Crippen LogP contribution in [0.15, 0.2) is 12.2 Å². The molecule has 0 aromatic heterocycles. The van der Waals surface area contributed by atoms with Crippen molar-refractivity contribution in [3.8, 4) is 0 Å². The van der Waals surface area contributed by atoms with E-state index in [-0.39, 0.29) is 0 Å². The van der Waals surface area contributed by atoms with Gasteiger partial charge < -0.3 is 10.5 Å². The van der Waals surface area contributed by atoms with Crippen LogP contribution < -0.4 is 5.73 Å². The molecule has 1 aliphatic carbocycles. The average Bonchev–Trinajstić information content (AvgIpc) is 2.26. The molecule has 0 saturated heterocycles. The summed E-state index contributed by atoms with van der Waals surface area (Å²) in [4.78, 5) is 0. The normalized spacial score (nSPS) is 27.6. The monoisotopic (exact) mass is 197 g/mol. The summed E-state index contributed by atoms with van der Waals surface area (Å²) in [5, 5.41) is 0. The Kier molecular flexibility index (Phi) is 5.20. The lowest BCUT2D eigenvalue weighted by molar-refractivity contribution is 0.0249. The van der Waals surface area contributed by atoms with E-state index in [1.807, 2.05) is 0 Å². The van der Waals surface area contributed by atoms with Crippen LogP contribution in [-0.4, -0.2) is 19.3 Å². The van der Waals surface area contributed by atoms with Gasteiger partial charge in [0.2, 0.25) is 0 Å². The first kappa shape index (κ1) is 11.7. The van der Waals surface area contributed by atoms with Crippen molar-refractivity contribution in [2.45, 2.75) is 45.1 Å². The minimum absolute atomic E-state index is 0.456. The molecule has 0 amide bonds. The van der Waals surface area contributed by atoms with Crippen LogP contribution in [0.3, 0.4) is 0 Å². The molecule has 0 heterocycles. The Morgan fingerprint density at radius 1 is 1.50 bits per heavy atom. The Labute approximate surface area is 87.5 Å². The second-order valence-corrected chi connectivity index (χ2v) is 4.33. The molecule has 1 rings (SSSR count). The minimum Gasteiger partial charge on any atom is -0.374 e. The molecule has 0 radical (unpaired) electrons. The fourth-order valence-electron chi connectivity index (χ4n) is 2.06. The van der Waals surface area contributed by atoms with Gasteiger partial charge in [0, 0.05) is 6.54 Å². The van der Waals surface area contributed by atoms with Crippen LogP contribution in [0.25, 0.3) is 0 Å². The molecule has 0 aromatic rings. The first-order chi connectivity index (χ1) is 6.76. The van der Waals surface area contributed by atoms with Crippen molar-refractivity contribution in [2.24, 2.45) is 11.7 Å². The predicted molar refractivity (Wildman–Crippen MR) is 60.2 cm³/mol. The van der Waals surface area contributed by atoms with Crippen LogP contribution in [0.1, 0.15) is 39.0 Å². The Hall–Kier alpha value is -0.340. The van der Waals surface area contributed by atoms with Gasteiger partial charge in [0.05, 0.1) is 12.7 Å². The van der Waals surface area contributed by atoms with E-state index >= 15 is 0 Å². The quantitative estimate of drug-likeness (QED) is 0.687. The fraction of sp³-hybridized carbons (Fsp3) is 0.833. The van der Waals surface area contributed by atoms with Crippen LogP contribution >= 0.6 is 0 Å². The SMILES string of the molecule is C=C(CN)COC1CCCC(CC)C1. The van der Waals surface area contributed by atoms with Crippen molar-refractivity contribution in [3.05, 3.63) is 12.2 Å². The zero-order chi connectivity index (χ0) is 10.4. The molecular formula is C12H23NO. The third-order valence-electron chi connectivity index (χ3n) is 3.12. The van der Waals surface area contributed by atoms with Crippen molar-refractivity contribution in [2.75, 3.05) is 13.2 Å². The van der Waals surface area contributed by atoms with E-state index in [0.717, 1.165) is 11.5 Å². The maximum atomic E-state index is 5.79. The fourth-order valence-corrected chi connectivity index (χ4v) is 2.06. The van der Waals surface area contributed by atoms with Crippen molar-refractivity contribution in [3.63, 3.8) is 0 Å². The second kappa shape index (κ2) is 6.20. The van der Waals surface area contributed by atoms with Gasteiger partial charge in [0.1, 0.15) is 0 Å². The van der Waals surface area contributed by atoms with E-state index < -0.39 is 0 Å². The molecule has 2 unspecified atom stereocenters. The molecule has 82 valence electrons. The zero-order valence-electron chi connectivity index (χ0n) is 9.30. The van der Waals surface area contributed by atoms with Gasteiger partial charge >= 0.3 is 0 Å². The molecule has 0 aromatic carbocycles. The van der Waals surface area contributed by atoms with E-state index in [2.05, 4.69) is 13.5 Å². The summed E-state index contributed by atoms with van der Waals surface area (Å²) in [7, 11) is 0. The van der Waals surface area contributed by atoms with Gasteiger partial charge in [-0.2, -0.15) is 0 Å². The number of rotatable bonds is 5. The van der Waals surface area contributed by atoms with Gasteiger partial charge in [-0.05, 0) is 24.3 Å². The van der Waals surface area contributed by atoms with E-state index in [9.17, 15) is 0 Å². The molecular weight excluding hydrogens is 174 g/mol. The highest BCUT2D eigenvalue weighted by Gasteiger charge is 2.20. The van der Waals surface area contributed by atoms with Gasteiger partial charge in [-0.3, -0.25) is 0 Å². The van der Waals surface area contributed by atoms with E-state index in [1.165, 1.54) is 32.1 Å². The molecule has 1 aliphatic rings. The van der Waals surface area contributed by atoms with Crippen molar-refractivity contribution >= 4 is 0 Å². The van der Waals surface area contributed by atoms with Crippen molar-refractivity contribution < 1.29 is 4.74 Å². The maximum absolute atomic E-state index is 5.79. The third-order valence-corrected chi connectivity index (χ3v) is 3.12. The molecule has 14 heavy (non-hydrogen) atoms. The minimum atomic E-state index is 0.456. The van der Waals surface area contributed by atoms with Crippen LogP contribution in [0, 0.1) is 5.92 Å². The average molecular weight is 197 g/mol. The third kappa shape index (κ3) is 3.81. The smallest absolute Gasteiger partial charge is 0.0690 e. The van der Waals surface area contributed by atoms with Gasteiger partial charge in [-0.1, -0.05) is 32.8 Å². The van der Waals surface area contributed by atoms with E-state index in [4.69, 9.17) is 10.5 Å². The Balaban J connectivity index is 2.20. The summed E-state index contributed by atoms with van der Waals surface area (Å²) in [5.74, 6) is 0.875. The van der Waals surface area contributed by atoms with Crippen LogP contribution in [0.4, 0.5) is 0 Å². The highest BCUT2D eigenvalue weighted by Crippen LogP contribution is 2.28. The predicted octanol–water partition coefficient (Wildman–Crippen LogP) is 2.49. The number of hydrogen-bond donors (Lipinski definition) is 1. The Morgan fingerprint density at radius 2 is 2.29 bits per heavy atom. The first-order valence-electron chi connectivity index (χ1n) is 5.74. The first-order valence-corrected chi connectivity index (χ1v) is 5.74. The summed E-state index contributed by atoms with van der Waals surface area (Å²) in [6, 6.07) is 0. The summed E-state index contributed by atoms with van der Waals surface area (Å²) in [6.07, 6.45) is 6.89. The summed E-state index contributed by atoms with van der Waals surface area (Å²) < 4.78 is 5.79. The number of nitrogens with two attached hydrogens (primary N) is 1. The molecule has 2 atom stereocenters. The number of hydrogen-bond acceptors (Lipinski definition) is 2. The summed E-state index contributed by atoms with van der Waals surface area (Å²) in [6.45, 7) is 7.31. The Bertz CT molecular complexity index is 179.